The standard InChI is InChI=1S/C26H40N6O8S/c1-17(34)24(28-2)26(39)30-10-11-41-15-22(35)32-21(4-3-9-29-16-27)25(38)31-19(13-33)12-18-5-7-20(8-6-18)40-14-23(36)37/h5-8,13,16-17,19,21,24,28,34H,3-4,9-12,14-15H2,1-2H3,(H2,27,29)(H,30,39)(H,31,38)(H,32,35)(H,36,37). The van der Waals surface area contributed by atoms with Crippen LogP contribution in [0, 0.1) is 5.41 Å². The predicted molar refractivity (Wildman–Crippen MR) is 154 cm³/mol. The first-order valence-electron chi connectivity index (χ1n) is 13.0. The van der Waals surface area contributed by atoms with E-state index in [1.165, 1.54) is 18.7 Å². The first-order valence-corrected chi connectivity index (χ1v) is 14.2. The molecule has 0 radical (unpaired) electrons. The van der Waals surface area contributed by atoms with Crippen LogP contribution in [0.2, 0.25) is 0 Å². The maximum Gasteiger partial charge on any atom is 0.341 e. The average molecular weight is 597 g/mol. The Morgan fingerprint density at radius 2 is 1.80 bits per heavy atom. The van der Waals surface area contributed by atoms with Gasteiger partial charge in [-0.3, -0.25) is 19.8 Å². The zero-order valence-corrected chi connectivity index (χ0v) is 24.0. The van der Waals surface area contributed by atoms with E-state index in [4.69, 9.17) is 15.3 Å². The second-order valence-corrected chi connectivity index (χ2v) is 10.1. The molecule has 1 aromatic rings. The van der Waals surface area contributed by atoms with Crippen LogP contribution in [0.5, 0.6) is 5.75 Å². The number of amides is 3. The van der Waals surface area contributed by atoms with Gasteiger partial charge in [0.15, 0.2) is 6.61 Å². The second-order valence-electron chi connectivity index (χ2n) is 8.99. The molecule has 0 aliphatic heterocycles. The molecule has 3 amide bonds. The summed E-state index contributed by atoms with van der Waals surface area (Å²) in [5.41, 5.74) is 0.707. The minimum atomic E-state index is -1.10. The summed E-state index contributed by atoms with van der Waals surface area (Å²) in [5.74, 6) is -1.55. The first kappa shape index (κ1) is 35.3. The highest BCUT2D eigenvalue weighted by atomic mass is 32.2. The molecule has 15 heteroatoms. The number of benzene rings is 1. The summed E-state index contributed by atoms with van der Waals surface area (Å²) >= 11 is 1.26. The van der Waals surface area contributed by atoms with Crippen LogP contribution in [0.25, 0.3) is 0 Å². The maximum atomic E-state index is 13.0. The number of aliphatic hydroxyl groups is 1. The summed E-state index contributed by atoms with van der Waals surface area (Å²) in [6, 6.07) is 3.93. The number of carbonyl (C=O) groups excluding carboxylic acids is 4. The van der Waals surface area contributed by atoms with Gasteiger partial charge in [0.05, 0.1) is 24.2 Å². The fourth-order valence-electron chi connectivity index (χ4n) is 3.64. The third kappa shape index (κ3) is 15.0. The van der Waals surface area contributed by atoms with Crippen LogP contribution < -0.4 is 31.3 Å². The van der Waals surface area contributed by atoms with Crippen molar-refractivity contribution in [3.63, 3.8) is 0 Å². The van der Waals surface area contributed by atoms with Crippen LogP contribution in [0.3, 0.4) is 0 Å². The Morgan fingerprint density at radius 3 is 2.39 bits per heavy atom. The quantitative estimate of drug-likeness (QED) is 0.0339. The van der Waals surface area contributed by atoms with Gasteiger partial charge in [-0.15, -0.1) is 0 Å². The highest BCUT2D eigenvalue weighted by molar-refractivity contribution is 7.99. The van der Waals surface area contributed by atoms with Crippen LogP contribution in [0.4, 0.5) is 0 Å². The van der Waals surface area contributed by atoms with Gasteiger partial charge in [0.25, 0.3) is 0 Å². The van der Waals surface area contributed by atoms with E-state index >= 15 is 0 Å². The highest BCUT2D eigenvalue weighted by Crippen LogP contribution is 2.13. The Bertz CT molecular complexity index is 995. The van der Waals surface area contributed by atoms with Crippen molar-refractivity contribution in [1.82, 2.24) is 26.6 Å². The molecule has 8 N–H and O–H groups in total. The predicted octanol–water partition coefficient (Wildman–Crippen LogP) is -1.34. The lowest BCUT2D eigenvalue weighted by Crippen LogP contribution is -2.51. The Hall–Kier alpha value is -3.69. The number of thioether (sulfide) groups is 1. The zero-order valence-electron chi connectivity index (χ0n) is 23.2. The zero-order chi connectivity index (χ0) is 30.6. The summed E-state index contributed by atoms with van der Waals surface area (Å²) in [4.78, 5) is 59.9. The Balaban J connectivity index is 2.63. The van der Waals surface area contributed by atoms with Gasteiger partial charge in [-0.25, -0.2) is 4.79 Å². The molecule has 228 valence electrons. The number of carboxylic acid groups (broad SMARTS) is 1. The van der Waals surface area contributed by atoms with Crippen molar-refractivity contribution in [2.45, 2.75) is 50.4 Å². The number of carbonyl (C=O) groups is 5. The van der Waals surface area contributed by atoms with E-state index in [0.29, 0.717) is 36.3 Å². The molecule has 4 atom stereocenters. The molecule has 0 aliphatic rings. The molecule has 14 nitrogen and oxygen atoms in total. The SMILES string of the molecule is CNC(C(=O)NCCSCC(=O)NC(CCCNC=N)C(=O)NC(C=O)Cc1ccc(OCC(=O)O)cc1)C(C)O. The molecule has 0 heterocycles. The first-order chi connectivity index (χ1) is 19.6. The Morgan fingerprint density at radius 1 is 1.10 bits per heavy atom. The van der Waals surface area contributed by atoms with Crippen molar-refractivity contribution in [3.05, 3.63) is 29.8 Å². The van der Waals surface area contributed by atoms with E-state index in [1.54, 1.807) is 31.3 Å². The van der Waals surface area contributed by atoms with Gasteiger partial charge in [0.1, 0.15) is 24.1 Å². The molecule has 1 aromatic carbocycles. The average Bonchev–Trinajstić information content (AvgIpc) is 2.93. The van der Waals surface area contributed by atoms with Crippen LogP contribution in [0.15, 0.2) is 24.3 Å². The summed E-state index contributed by atoms with van der Waals surface area (Å²) in [5, 5.41) is 38.8. The van der Waals surface area contributed by atoms with Crippen molar-refractivity contribution < 1.29 is 38.9 Å². The van der Waals surface area contributed by atoms with Gasteiger partial charge in [-0.05, 0) is 50.9 Å². The molecule has 1 rings (SSSR count). The summed E-state index contributed by atoms with van der Waals surface area (Å²) < 4.78 is 5.09. The van der Waals surface area contributed by atoms with Gasteiger partial charge in [-0.1, -0.05) is 12.1 Å². The van der Waals surface area contributed by atoms with Crippen molar-refractivity contribution in [3.8, 4) is 5.75 Å². The summed E-state index contributed by atoms with van der Waals surface area (Å²) in [6.45, 7) is 1.73. The van der Waals surface area contributed by atoms with E-state index in [0.717, 1.165) is 6.34 Å². The Kier molecular flexibility index (Phi) is 17.4. The van der Waals surface area contributed by atoms with Crippen LogP contribution in [0.1, 0.15) is 25.3 Å². The highest BCUT2D eigenvalue weighted by Gasteiger charge is 2.24. The fraction of sp³-hybridized carbons (Fsp3) is 0.538. The van der Waals surface area contributed by atoms with Crippen molar-refractivity contribution in [1.29, 1.82) is 5.41 Å². The lowest BCUT2D eigenvalue weighted by molar-refractivity contribution is -0.139. The fourth-order valence-corrected chi connectivity index (χ4v) is 4.29. The van der Waals surface area contributed by atoms with Gasteiger partial charge in [0, 0.05) is 18.8 Å². The number of hydrogen-bond acceptors (Lipinski definition) is 10. The summed E-state index contributed by atoms with van der Waals surface area (Å²) in [7, 11) is 1.57. The summed E-state index contributed by atoms with van der Waals surface area (Å²) in [6.07, 6.45) is 1.69. The van der Waals surface area contributed by atoms with Crippen LogP contribution >= 0.6 is 11.8 Å². The minimum Gasteiger partial charge on any atom is -0.482 e. The van der Waals surface area contributed by atoms with Gasteiger partial charge in [0.2, 0.25) is 17.7 Å². The monoisotopic (exact) mass is 596 g/mol. The molecular formula is C26H40N6O8S. The van der Waals surface area contributed by atoms with Gasteiger partial charge >= 0.3 is 5.97 Å². The van der Waals surface area contributed by atoms with E-state index in [2.05, 4.69) is 26.6 Å². The number of likely N-dealkylation sites (N-methyl/N-ethyl adjacent to an activating group) is 1. The molecule has 0 fully saturated rings. The van der Waals surface area contributed by atoms with Crippen LogP contribution in [-0.2, 0) is 30.4 Å². The second kappa shape index (κ2) is 20.2. The minimum absolute atomic E-state index is 0.0393. The number of aldehydes is 1. The molecule has 0 saturated carbocycles. The molecule has 0 aromatic heterocycles. The number of carboxylic acids is 1. The molecule has 0 bridgehead atoms. The van der Waals surface area contributed by atoms with E-state index in [9.17, 15) is 29.1 Å². The van der Waals surface area contributed by atoms with E-state index in [-0.39, 0.29) is 31.0 Å². The lowest BCUT2D eigenvalue weighted by atomic mass is 10.1. The van der Waals surface area contributed by atoms with Crippen molar-refractivity contribution in [2.24, 2.45) is 0 Å². The topological polar surface area (TPSA) is 219 Å². The Labute approximate surface area is 243 Å². The smallest absolute Gasteiger partial charge is 0.341 e. The third-order valence-corrected chi connectivity index (χ3v) is 6.61. The molecule has 0 saturated heterocycles. The number of hydrogen-bond donors (Lipinski definition) is 8. The number of aliphatic carboxylic acids is 1. The van der Waals surface area contributed by atoms with Crippen molar-refractivity contribution >= 4 is 48.1 Å². The van der Waals surface area contributed by atoms with Crippen molar-refractivity contribution in [2.75, 3.05) is 38.2 Å². The molecule has 0 aliphatic carbocycles. The number of ether oxygens (including phenoxy) is 1. The normalized spacial score (nSPS) is 13.5. The van der Waals surface area contributed by atoms with Crippen LogP contribution in [-0.4, -0.2) is 109 Å². The molecule has 0 spiro atoms. The maximum absolute atomic E-state index is 13.0. The van der Waals surface area contributed by atoms with Gasteiger partial charge in [-0.2, -0.15) is 11.8 Å². The third-order valence-electron chi connectivity index (χ3n) is 5.66. The lowest BCUT2D eigenvalue weighted by Gasteiger charge is -2.21. The molecular weight excluding hydrogens is 556 g/mol. The van der Waals surface area contributed by atoms with E-state index in [1.807, 2.05) is 0 Å². The number of rotatable bonds is 22. The largest absolute Gasteiger partial charge is 0.482 e. The molecule has 41 heavy (non-hydrogen) atoms. The van der Waals surface area contributed by atoms with E-state index < -0.39 is 48.6 Å². The molecule has 4 unspecified atom stereocenters. The number of aliphatic hydroxyl groups excluding tert-OH is 1. The number of nitrogens with one attached hydrogen (secondary N) is 6. The van der Waals surface area contributed by atoms with Gasteiger partial charge < -0.3 is 46.3 Å².